The third-order valence-electron chi connectivity index (χ3n) is 1.89. The van der Waals surface area contributed by atoms with Crippen LogP contribution in [0.1, 0.15) is 0 Å². The smallest absolute Gasteiger partial charge is 0.388 e. The quantitative estimate of drug-likeness (QED) is 0.767. The molecule has 0 amide bonds. The summed E-state index contributed by atoms with van der Waals surface area (Å²) in [4.78, 5) is 0. The Hall–Kier alpha value is -1.48. The second-order valence-corrected chi connectivity index (χ2v) is 4.87. The lowest BCUT2D eigenvalue weighted by atomic mass is 10.3. The topological polar surface area (TPSA) is 70.2 Å². The fourth-order valence-corrected chi connectivity index (χ4v) is 1.95. The SMILES string of the molecule is CNc1ccc(NS(=O)(=O)NCC(F)(F)F)cc1. The third-order valence-corrected chi connectivity index (χ3v) is 2.92. The summed E-state index contributed by atoms with van der Waals surface area (Å²) in [6.45, 7) is -1.61. The highest BCUT2D eigenvalue weighted by molar-refractivity contribution is 7.90. The molecule has 0 saturated carbocycles. The van der Waals surface area contributed by atoms with Crippen molar-refractivity contribution in [2.45, 2.75) is 6.18 Å². The molecule has 0 bridgehead atoms. The zero-order valence-corrected chi connectivity index (χ0v) is 10.2. The van der Waals surface area contributed by atoms with Crippen LogP contribution in [0.15, 0.2) is 24.3 Å². The fraction of sp³-hybridized carbons (Fsp3) is 0.333. The number of hydrogen-bond acceptors (Lipinski definition) is 3. The molecule has 5 nitrogen and oxygen atoms in total. The minimum absolute atomic E-state index is 0.170. The van der Waals surface area contributed by atoms with Crippen molar-refractivity contribution in [3.63, 3.8) is 0 Å². The van der Waals surface area contributed by atoms with Gasteiger partial charge in [-0.1, -0.05) is 0 Å². The van der Waals surface area contributed by atoms with Crippen molar-refractivity contribution in [3.05, 3.63) is 24.3 Å². The van der Waals surface area contributed by atoms with Gasteiger partial charge in [-0.3, -0.25) is 4.72 Å². The van der Waals surface area contributed by atoms with Gasteiger partial charge in [0.2, 0.25) is 0 Å². The monoisotopic (exact) mass is 283 g/mol. The Bertz CT molecular complexity index is 485. The molecule has 0 radical (unpaired) electrons. The molecule has 18 heavy (non-hydrogen) atoms. The summed E-state index contributed by atoms with van der Waals surface area (Å²) >= 11 is 0. The lowest BCUT2D eigenvalue weighted by Gasteiger charge is -2.11. The van der Waals surface area contributed by atoms with Gasteiger partial charge in [0.1, 0.15) is 6.54 Å². The summed E-state index contributed by atoms with van der Waals surface area (Å²) < 4.78 is 61.5. The third kappa shape index (κ3) is 5.23. The average molecular weight is 283 g/mol. The molecule has 1 aromatic rings. The molecule has 0 heterocycles. The van der Waals surface area contributed by atoms with E-state index in [9.17, 15) is 21.6 Å². The molecular weight excluding hydrogens is 271 g/mol. The lowest BCUT2D eigenvalue weighted by molar-refractivity contribution is -0.121. The maximum Gasteiger partial charge on any atom is 0.402 e. The summed E-state index contributed by atoms with van der Waals surface area (Å²) in [5.74, 6) is 0. The molecule has 0 atom stereocenters. The van der Waals surface area contributed by atoms with E-state index in [1.807, 2.05) is 4.72 Å². The van der Waals surface area contributed by atoms with Crippen molar-refractivity contribution < 1.29 is 21.6 Å². The van der Waals surface area contributed by atoms with Crippen LogP contribution in [0.3, 0.4) is 0 Å². The zero-order valence-electron chi connectivity index (χ0n) is 9.38. The highest BCUT2D eigenvalue weighted by Crippen LogP contribution is 2.15. The highest BCUT2D eigenvalue weighted by Gasteiger charge is 2.29. The van der Waals surface area contributed by atoms with Gasteiger partial charge in [-0.2, -0.15) is 26.3 Å². The van der Waals surface area contributed by atoms with Gasteiger partial charge in [-0.05, 0) is 24.3 Å². The number of rotatable bonds is 5. The summed E-state index contributed by atoms with van der Waals surface area (Å²) in [6.07, 6.45) is -4.59. The van der Waals surface area contributed by atoms with E-state index in [0.29, 0.717) is 0 Å². The van der Waals surface area contributed by atoms with Crippen LogP contribution in [-0.2, 0) is 10.2 Å². The number of halogens is 3. The number of alkyl halides is 3. The fourth-order valence-electron chi connectivity index (χ4n) is 1.07. The van der Waals surface area contributed by atoms with Crippen molar-refractivity contribution in [1.29, 1.82) is 0 Å². The number of nitrogens with one attached hydrogen (secondary N) is 3. The Morgan fingerprint density at radius 1 is 1.11 bits per heavy atom. The first-order valence-corrected chi connectivity index (χ1v) is 6.32. The van der Waals surface area contributed by atoms with Crippen LogP contribution in [0.4, 0.5) is 24.5 Å². The minimum Gasteiger partial charge on any atom is -0.388 e. The number of benzene rings is 1. The van der Waals surface area contributed by atoms with Crippen LogP contribution < -0.4 is 14.8 Å². The summed E-state index contributed by atoms with van der Waals surface area (Å²) in [5, 5.41) is 2.82. The Kier molecular flexibility index (Phi) is 4.41. The van der Waals surface area contributed by atoms with Gasteiger partial charge in [0.15, 0.2) is 0 Å². The second kappa shape index (κ2) is 5.44. The van der Waals surface area contributed by atoms with Crippen LogP contribution in [0.5, 0.6) is 0 Å². The number of anilines is 2. The average Bonchev–Trinajstić information content (AvgIpc) is 2.26. The van der Waals surface area contributed by atoms with Crippen molar-refractivity contribution in [2.24, 2.45) is 0 Å². The van der Waals surface area contributed by atoms with Gasteiger partial charge in [-0.25, -0.2) is 0 Å². The molecule has 0 aliphatic carbocycles. The van der Waals surface area contributed by atoms with E-state index < -0.39 is 22.9 Å². The second-order valence-electron chi connectivity index (χ2n) is 3.37. The Balaban J connectivity index is 2.64. The lowest BCUT2D eigenvalue weighted by Crippen LogP contribution is -2.37. The molecule has 0 unspecified atom stereocenters. The van der Waals surface area contributed by atoms with Crippen molar-refractivity contribution in [2.75, 3.05) is 23.6 Å². The molecule has 0 fully saturated rings. The van der Waals surface area contributed by atoms with Crippen LogP contribution in [0.25, 0.3) is 0 Å². The predicted octanol–water partition coefficient (Wildman–Crippen LogP) is 1.54. The molecule has 102 valence electrons. The van der Waals surface area contributed by atoms with Gasteiger partial charge < -0.3 is 5.32 Å². The van der Waals surface area contributed by atoms with Crippen LogP contribution in [-0.4, -0.2) is 28.2 Å². The number of hydrogen-bond donors (Lipinski definition) is 3. The molecule has 9 heteroatoms. The first kappa shape index (κ1) is 14.6. The molecule has 0 saturated heterocycles. The Morgan fingerprint density at radius 2 is 1.61 bits per heavy atom. The van der Waals surface area contributed by atoms with E-state index >= 15 is 0 Å². The van der Waals surface area contributed by atoms with Crippen molar-refractivity contribution >= 4 is 21.6 Å². The van der Waals surface area contributed by atoms with Crippen LogP contribution >= 0.6 is 0 Å². The van der Waals surface area contributed by atoms with Gasteiger partial charge in [0.05, 0.1) is 0 Å². The first-order valence-electron chi connectivity index (χ1n) is 4.84. The summed E-state index contributed by atoms with van der Waals surface area (Å²) in [7, 11) is -2.54. The van der Waals surface area contributed by atoms with Crippen molar-refractivity contribution in [1.82, 2.24) is 4.72 Å². The van der Waals surface area contributed by atoms with Crippen LogP contribution in [0, 0.1) is 0 Å². The highest BCUT2D eigenvalue weighted by atomic mass is 32.2. The summed E-state index contributed by atoms with van der Waals surface area (Å²) in [5.41, 5.74) is 0.921. The summed E-state index contributed by atoms with van der Waals surface area (Å²) in [6, 6.07) is 6.03. The van der Waals surface area contributed by atoms with Crippen molar-refractivity contribution in [3.8, 4) is 0 Å². The van der Waals surface area contributed by atoms with E-state index in [2.05, 4.69) is 5.32 Å². The van der Waals surface area contributed by atoms with E-state index in [0.717, 1.165) is 5.69 Å². The molecular formula is C9H12F3N3O2S. The maximum absolute atomic E-state index is 11.9. The van der Waals surface area contributed by atoms with Gasteiger partial charge in [-0.15, -0.1) is 0 Å². The molecule has 3 N–H and O–H groups in total. The standard InChI is InChI=1S/C9H12F3N3O2S/c1-13-7-2-4-8(5-3-7)15-18(16,17)14-6-9(10,11)12/h2-5,13-15H,6H2,1H3. The molecule has 1 aromatic carbocycles. The molecule has 0 aliphatic rings. The first-order chi connectivity index (χ1) is 8.22. The molecule has 0 aliphatic heterocycles. The van der Waals surface area contributed by atoms with E-state index in [-0.39, 0.29) is 5.69 Å². The maximum atomic E-state index is 11.9. The zero-order chi connectivity index (χ0) is 13.8. The van der Waals surface area contributed by atoms with Gasteiger partial charge in [0.25, 0.3) is 10.2 Å². The van der Waals surface area contributed by atoms with Gasteiger partial charge in [0, 0.05) is 18.4 Å². The van der Waals surface area contributed by atoms with Gasteiger partial charge >= 0.3 is 6.18 Å². The molecule has 1 rings (SSSR count). The predicted molar refractivity (Wildman–Crippen MR) is 62.6 cm³/mol. The molecule has 0 spiro atoms. The molecule has 0 aromatic heterocycles. The minimum atomic E-state index is -4.59. The normalized spacial score (nSPS) is 12.2. The Morgan fingerprint density at radius 3 is 2.06 bits per heavy atom. The van der Waals surface area contributed by atoms with E-state index in [1.54, 1.807) is 19.2 Å². The van der Waals surface area contributed by atoms with E-state index in [4.69, 9.17) is 0 Å². The Labute approximate surface area is 103 Å². The van der Waals surface area contributed by atoms with Crippen LogP contribution in [0.2, 0.25) is 0 Å². The van der Waals surface area contributed by atoms with E-state index in [1.165, 1.54) is 16.9 Å². The largest absolute Gasteiger partial charge is 0.402 e.